The lowest BCUT2D eigenvalue weighted by atomic mass is 10.3. The zero-order valence-corrected chi connectivity index (χ0v) is 8.46. The van der Waals surface area contributed by atoms with Gasteiger partial charge in [0.15, 0.2) is 5.65 Å². The number of fused-ring (bicyclic) bond motifs is 1. The van der Waals surface area contributed by atoms with Crippen molar-refractivity contribution in [3.8, 4) is 0 Å². The van der Waals surface area contributed by atoms with Gasteiger partial charge in [-0.2, -0.15) is 0 Å². The van der Waals surface area contributed by atoms with E-state index in [0.29, 0.717) is 0 Å². The zero-order chi connectivity index (χ0) is 8.72. The van der Waals surface area contributed by atoms with Crippen LogP contribution in [0.5, 0.6) is 0 Å². The van der Waals surface area contributed by atoms with Crippen LogP contribution in [0.3, 0.4) is 0 Å². The second-order valence-electron chi connectivity index (χ2n) is 2.73. The van der Waals surface area contributed by atoms with Crippen LogP contribution >= 0.6 is 15.9 Å². The molecule has 0 fully saturated rings. The molecular formula is C8H8BrN3. The number of aryl methyl sites for hydroxylation is 2. The van der Waals surface area contributed by atoms with Gasteiger partial charge in [-0.1, -0.05) is 15.9 Å². The molecule has 0 amide bonds. The van der Waals surface area contributed by atoms with Crippen LogP contribution in [0.1, 0.15) is 11.4 Å². The van der Waals surface area contributed by atoms with Crippen molar-refractivity contribution in [2.24, 2.45) is 0 Å². The summed E-state index contributed by atoms with van der Waals surface area (Å²) >= 11 is 3.44. The maximum Gasteiger partial charge on any atom is 0.164 e. The Morgan fingerprint density at radius 1 is 1.33 bits per heavy atom. The Bertz CT molecular complexity index is 433. The van der Waals surface area contributed by atoms with Crippen LogP contribution < -0.4 is 0 Å². The molecule has 3 nitrogen and oxygen atoms in total. The summed E-state index contributed by atoms with van der Waals surface area (Å²) in [7, 11) is 0. The number of pyridine rings is 1. The summed E-state index contributed by atoms with van der Waals surface area (Å²) in [6.45, 7) is 3.96. The van der Waals surface area contributed by atoms with E-state index in [1.807, 2.05) is 30.5 Å². The highest BCUT2D eigenvalue weighted by Crippen LogP contribution is 2.19. The normalized spacial score (nSPS) is 10.9. The molecular weight excluding hydrogens is 218 g/mol. The van der Waals surface area contributed by atoms with E-state index in [0.717, 1.165) is 21.5 Å². The third kappa shape index (κ3) is 0.948. The summed E-state index contributed by atoms with van der Waals surface area (Å²) in [6.07, 6.45) is 1.96. The van der Waals surface area contributed by atoms with Crippen molar-refractivity contribution in [3.05, 3.63) is 28.1 Å². The van der Waals surface area contributed by atoms with E-state index in [-0.39, 0.29) is 0 Å². The molecule has 2 aromatic heterocycles. The third-order valence-electron chi connectivity index (χ3n) is 1.93. The average molecular weight is 226 g/mol. The molecule has 0 aromatic carbocycles. The topological polar surface area (TPSA) is 30.2 Å². The van der Waals surface area contributed by atoms with Crippen LogP contribution in [0, 0.1) is 13.8 Å². The molecule has 2 aromatic rings. The third-order valence-corrected chi connectivity index (χ3v) is 2.79. The molecule has 2 heterocycles. The van der Waals surface area contributed by atoms with Crippen LogP contribution in [0.4, 0.5) is 0 Å². The quantitative estimate of drug-likeness (QED) is 0.688. The molecule has 12 heavy (non-hydrogen) atoms. The minimum atomic E-state index is 0.917. The van der Waals surface area contributed by atoms with Crippen LogP contribution in [-0.4, -0.2) is 14.6 Å². The predicted octanol–water partition coefficient (Wildman–Crippen LogP) is 2.11. The highest BCUT2D eigenvalue weighted by Gasteiger charge is 2.05. The number of nitrogens with zero attached hydrogens (tertiary/aromatic N) is 3. The van der Waals surface area contributed by atoms with Crippen LogP contribution in [0.15, 0.2) is 16.7 Å². The molecule has 0 aliphatic heterocycles. The predicted molar refractivity (Wildman–Crippen MR) is 50.2 cm³/mol. The van der Waals surface area contributed by atoms with Gasteiger partial charge in [-0.05, 0) is 19.9 Å². The summed E-state index contributed by atoms with van der Waals surface area (Å²) in [5.74, 6) is 0.917. The van der Waals surface area contributed by atoms with E-state index in [4.69, 9.17) is 0 Å². The summed E-state index contributed by atoms with van der Waals surface area (Å²) in [5.41, 5.74) is 2.04. The SMILES string of the molecule is Cc1c(Br)ccn2c(C)nnc12. The molecule has 0 aliphatic rings. The standard InChI is InChI=1S/C8H8BrN3/c1-5-7(9)3-4-12-6(2)10-11-8(5)12/h3-4H,1-2H3. The van der Waals surface area contributed by atoms with Crippen molar-refractivity contribution in [2.45, 2.75) is 13.8 Å². The molecule has 0 spiro atoms. The first-order valence-electron chi connectivity index (χ1n) is 3.66. The van der Waals surface area contributed by atoms with Gasteiger partial charge in [-0.3, -0.25) is 4.40 Å². The molecule has 0 atom stereocenters. The molecule has 2 rings (SSSR count). The van der Waals surface area contributed by atoms with E-state index >= 15 is 0 Å². The highest BCUT2D eigenvalue weighted by molar-refractivity contribution is 9.10. The van der Waals surface area contributed by atoms with E-state index in [9.17, 15) is 0 Å². The Kier molecular flexibility index (Phi) is 1.65. The Labute approximate surface area is 78.6 Å². The Morgan fingerprint density at radius 3 is 2.83 bits per heavy atom. The number of aromatic nitrogens is 3. The first-order valence-corrected chi connectivity index (χ1v) is 4.46. The number of hydrogen-bond donors (Lipinski definition) is 0. The monoisotopic (exact) mass is 225 g/mol. The minimum Gasteiger partial charge on any atom is -0.286 e. The van der Waals surface area contributed by atoms with Crippen molar-refractivity contribution in [1.29, 1.82) is 0 Å². The smallest absolute Gasteiger partial charge is 0.164 e. The van der Waals surface area contributed by atoms with Gasteiger partial charge in [0, 0.05) is 16.2 Å². The van der Waals surface area contributed by atoms with Crippen molar-refractivity contribution >= 4 is 21.6 Å². The molecule has 62 valence electrons. The van der Waals surface area contributed by atoms with E-state index in [1.165, 1.54) is 0 Å². The highest BCUT2D eigenvalue weighted by atomic mass is 79.9. The van der Waals surface area contributed by atoms with E-state index in [1.54, 1.807) is 0 Å². The second-order valence-corrected chi connectivity index (χ2v) is 3.58. The van der Waals surface area contributed by atoms with Gasteiger partial charge >= 0.3 is 0 Å². The van der Waals surface area contributed by atoms with Gasteiger partial charge in [0.1, 0.15) is 5.82 Å². The summed E-state index contributed by atoms with van der Waals surface area (Å²) < 4.78 is 3.04. The minimum absolute atomic E-state index is 0.917. The molecule has 4 heteroatoms. The van der Waals surface area contributed by atoms with Crippen LogP contribution in [0.25, 0.3) is 5.65 Å². The lowest BCUT2D eigenvalue weighted by Gasteiger charge is -1.99. The fourth-order valence-corrected chi connectivity index (χ4v) is 1.47. The lowest BCUT2D eigenvalue weighted by molar-refractivity contribution is 1.01. The Hall–Kier alpha value is -0.900. The van der Waals surface area contributed by atoms with Gasteiger partial charge in [-0.25, -0.2) is 0 Å². The first-order chi connectivity index (χ1) is 5.70. The Balaban J connectivity index is 2.93. The fourth-order valence-electron chi connectivity index (χ4n) is 1.18. The van der Waals surface area contributed by atoms with Crippen molar-refractivity contribution in [1.82, 2.24) is 14.6 Å². The van der Waals surface area contributed by atoms with Gasteiger partial charge < -0.3 is 0 Å². The molecule has 0 aliphatic carbocycles. The van der Waals surface area contributed by atoms with Crippen molar-refractivity contribution in [3.63, 3.8) is 0 Å². The number of hydrogen-bond acceptors (Lipinski definition) is 2. The van der Waals surface area contributed by atoms with Gasteiger partial charge in [0.25, 0.3) is 0 Å². The first kappa shape index (κ1) is 7.73. The van der Waals surface area contributed by atoms with Gasteiger partial charge in [0.05, 0.1) is 0 Å². The van der Waals surface area contributed by atoms with Gasteiger partial charge in [-0.15, -0.1) is 10.2 Å². The maximum absolute atomic E-state index is 4.06. The molecule has 0 saturated carbocycles. The molecule has 0 unspecified atom stereocenters. The Morgan fingerprint density at radius 2 is 2.08 bits per heavy atom. The average Bonchev–Trinajstić information content (AvgIpc) is 2.41. The second kappa shape index (κ2) is 2.55. The maximum atomic E-state index is 4.06. The number of halogens is 1. The molecule has 0 N–H and O–H groups in total. The summed E-state index contributed by atoms with van der Waals surface area (Å²) in [6, 6.07) is 2.00. The molecule has 0 radical (unpaired) electrons. The number of rotatable bonds is 0. The fraction of sp³-hybridized carbons (Fsp3) is 0.250. The van der Waals surface area contributed by atoms with Crippen molar-refractivity contribution < 1.29 is 0 Å². The lowest BCUT2D eigenvalue weighted by Crippen LogP contribution is -1.89. The van der Waals surface area contributed by atoms with E-state index in [2.05, 4.69) is 26.1 Å². The van der Waals surface area contributed by atoms with Gasteiger partial charge in [0.2, 0.25) is 0 Å². The van der Waals surface area contributed by atoms with Crippen molar-refractivity contribution in [2.75, 3.05) is 0 Å². The summed E-state index contributed by atoms with van der Waals surface area (Å²) in [5, 5.41) is 8.05. The van der Waals surface area contributed by atoms with E-state index < -0.39 is 0 Å². The summed E-state index contributed by atoms with van der Waals surface area (Å²) in [4.78, 5) is 0. The van der Waals surface area contributed by atoms with Crippen LogP contribution in [-0.2, 0) is 0 Å². The zero-order valence-electron chi connectivity index (χ0n) is 6.87. The van der Waals surface area contributed by atoms with Crippen LogP contribution in [0.2, 0.25) is 0 Å². The molecule has 0 bridgehead atoms. The molecule has 0 saturated heterocycles. The largest absolute Gasteiger partial charge is 0.286 e.